The van der Waals surface area contributed by atoms with Crippen LogP contribution >= 0.6 is 22.7 Å². The molecule has 232 valence electrons. The number of thiophene rings is 2. The van der Waals surface area contributed by atoms with Gasteiger partial charge in [0, 0.05) is 32.5 Å². The standard InChI is InChI=1S/C38H34N2O4S2/c1-41-31-13-5-27(6-14-31)39(28-7-15-32(42-2)16-8-28)37-25-23-35(45-37)21-22-36-24-26-38(46-36)40(29-9-17-33(43-3)18-10-29)30-11-19-34(44-4)20-12-30/h5-26H,1-4H3/b22-21+. The zero-order valence-electron chi connectivity index (χ0n) is 26.0. The number of methoxy groups -OCH3 is 4. The van der Waals surface area contributed by atoms with E-state index < -0.39 is 0 Å². The Morgan fingerprint density at radius 1 is 0.370 bits per heavy atom. The maximum absolute atomic E-state index is 5.40. The summed E-state index contributed by atoms with van der Waals surface area (Å²) in [4.78, 5) is 6.79. The lowest BCUT2D eigenvalue weighted by Crippen LogP contribution is -2.08. The second kappa shape index (κ2) is 14.3. The van der Waals surface area contributed by atoms with Crippen LogP contribution in [0.1, 0.15) is 9.75 Å². The largest absolute Gasteiger partial charge is 0.497 e. The van der Waals surface area contributed by atoms with E-state index in [1.165, 1.54) is 0 Å². The summed E-state index contributed by atoms with van der Waals surface area (Å²) >= 11 is 3.46. The third-order valence-corrected chi connectivity index (χ3v) is 9.47. The molecule has 6 aromatic rings. The van der Waals surface area contributed by atoms with Gasteiger partial charge in [-0.25, -0.2) is 0 Å². The van der Waals surface area contributed by atoms with Crippen LogP contribution in [0, 0.1) is 0 Å². The Morgan fingerprint density at radius 3 is 0.870 bits per heavy atom. The Bertz CT molecular complexity index is 1640. The first kappa shape index (κ1) is 30.8. The van der Waals surface area contributed by atoms with E-state index in [4.69, 9.17) is 18.9 Å². The number of rotatable bonds is 12. The second-order valence-corrected chi connectivity index (χ2v) is 12.3. The van der Waals surface area contributed by atoms with Gasteiger partial charge in [0.05, 0.1) is 28.4 Å². The molecule has 6 nitrogen and oxygen atoms in total. The molecule has 0 aliphatic heterocycles. The summed E-state index contributed by atoms with van der Waals surface area (Å²) in [5.41, 5.74) is 4.18. The van der Waals surface area contributed by atoms with Gasteiger partial charge >= 0.3 is 0 Å². The van der Waals surface area contributed by atoms with E-state index in [0.717, 1.165) is 65.5 Å². The molecule has 0 spiro atoms. The highest BCUT2D eigenvalue weighted by Gasteiger charge is 2.17. The minimum atomic E-state index is 0.820. The van der Waals surface area contributed by atoms with Crippen molar-refractivity contribution in [1.29, 1.82) is 0 Å². The maximum Gasteiger partial charge on any atom is 0.119 e. The van der Waals surface area contributed by atoms with Crippen LogP contribution in [0.5, 0.6) is 23.0 Å². The zero-order valence-corrected chi connectivity index (χ0v) is 27.7. The fourth-order valence-corrected chi connectivity index (χ4v) is 6.90. The molecule has 2 aromatic heterocycles. The molecule has 0 radical (unpaired) electrons. The topological polar surface area (TPSA) is 43.4 Å². The highest BCUT2D eigenvalue weighted by Crippen LogP contribution is 2.42. The average molecular weight is 647 g/mol. The zero-order chi connectivity index (χ0) is 31.9. The summed E-state index contributed by atoms with van der Waals surface area (Å²) in [5.74, 6) is 3.28. The summed E-state index contributed by atoms with van der Waals surface area (Å²) in [5, 5.41) is 2.21. The molecule has 0 aliphatic rings. The first-order chi connectivity index (χ1) is 22.6. The number of hydrogen-bond acceptors (Lipinski definition) is 8. The van der Waals surface area contributed by atoms with Crippen LogP contribution in [0.15, 0.2) is 121 Å². The minimum Gasteiger partial charge on any atom is -0.497 e. The van der Waals surface area contributed by atoms with Crippen LogP contribution in [-0.2, 0) is 0 Å². The first-order valence-electron chi connectivity index (χ1n) is 14.6. The van der Waals surface area contributed by atoms with Crippen molar-refractivity contribution in [3.63, 3.8) is 0 Å². The summed E-state index contributed by atoms with van der Waals surface area (Å²) < 4.78 is 21.6. The Morgan fingerprint density at radius 2 is 0.630 bits per heavy atom. The number of anilines is 6. The highest BCUT2D eigenvalue weighted by molar-refractivity contribution is 7.18. The first-order valence-corrected chi connectivity index (χ1v) is 16.3. The molecule has 8 heteroatoms. The van der Waals surface area contributed by atoms with Gasteiger partial charge in [0.15, 0.2) is 0 Å². The van der Waals surface area contributed by atoms with Crippen molar-refractivity contribution in [2.45, 2.75) is 0 Å². The Kier molecular flexibility index (Phi) is 9.57. The van der Waals surface area contributed by atoms with Gasteiger partial charge in [-0.2, -0.15) is 0 Å². The second-order valence-electron chi connectivity index (χ2n) is 10.1. The smallest absolute Gasteiger partial charge is 0.119 e. The van der Waals surface area contributed by atoms with E-state index in [2.05, 4.69) is 94.7 Å². The number of benzene rings is 4. The predicted octanol–water partition coefficient (Wildman–Crippen LogP) is 11.0. The van der Waals surface area contributed by atoms with E-state index in [0.29, 0.717) is 0 Å². The lowest BCUT2D eigenvalue weighted by Gasteiger charge is -2.24. The summed E-state index contributed by atoms with van der Waals surface area (Å²) in [7, 11) is 6.72. The number of nitrogens with zero attached hydrogens (tertiary/aromatic N) is 2. The summed E-state index contributed by atoms with van der Waals surface area (Å²) in [6.45, 7) is 0. The Balaban J connectivity index is 1.27. The molecule has 46 heavy (non-hydrogen) atoms. The number of hydrogen-bond donors (Lipinski definition) is 0. The van der Waals surface area contributed by atoms with Gasteiger partial charge in [0.2, 0.25) is 0 Å². The molecule has 0 amide bonds. The fraction of sp³-hybridized carbons (Fsp3) is 0.105. The van der Waals surface area contributed by atoms with Gasteiger partial charge in [0.25, 0.3) is 0 Å². The molecule has 0 atom stereocenters. The molecule has 0 saturated carbocycles. The number of ether oxygens (including phenoxy) is 4. The molecule has 2 heterocycles. The van der Waals surface area contributed by atoms with E-state index in [1.54, 1.807) is 51.1 Å². The fourth-order valence-electron chi connectivity index (χ4n) is 5.00. The summed E-state index contributed by atoms with van der Waals surface area (Å²) in [6.07, 6.45) is 4.35. The lowest BCUT2D eigenvalue weighted by atomic mass is 10.2. The highest BCUT2D eigenvalue weighted by atomic mass is 32.1. The van der Waals surface area contributed by atoms with E-state index in [-0.39, 0.29) is 0 Å². The van der Waals surface area contributed by atoms with E-state index in [1.807, 2.05) is 48.5 Å². The Hall–Kier alpha value is -5.18. The molecule has 0 aliphatic carbocycles. The molecular formula is C38H34N2O4S2. The SMILES string of the molecule is COc1ccc(N(c2ccc(OC)cc2)c2ccc(/C=C/c3ccc(N(c4ccc(OC)cc4)c4ccc(OC)cc4)s3)s2)cc1. The predicted molar refractivity (Wildman–Crippen MR) is 193 cm³/mol. The van der Waals surface area contributed by atoms with Gasteiger partial charge in [-0.15, -0.1) is 22.7 Å². The van der Waals surface area contributed by atoms with Crippen molar-refractivity contribution in [3.8, 4) is 23.0 Å². The molecule has 0 fully saturated rings. The molecule has 0 N–H and O–H groups in total. The molecule has 4 aromatic carbocycles. The molecule has 0 saturated heterocycles. The van der Waals surface area contributed by atoms with Crippen molar-refractivity contribution >= 4 is 67.6 Å². The van der Waals surface area contributed by atoms with Gasteiger partial charge in [-0.05, 0) is 133 Å². The van der Waals surface area contributed by atoms with Crippen molar-refractivity contribution in [1.82, 2.24) is 0 Å². The lowest BCUT2D eigenvalue weighted by molar-refractivity contribution is 0.414. The van der Waals surface area contributed by atoms with Crippen LogP contribution in [0.4, 0.5) is 32.8 Å². The van der Waals surface area contributed by atoms with Crippen molar-refractivity contribution in [3.05, 3.63) is 131 Å². The van der Waals surface area contributed by atoms with Crippen LogP contribution in [0.3, 0.4) is 0 Å². The van der Waals surface area contributed by atoms with Crippen molar-refractivity contribution in [2.24, 2.45) is 0 Å². The van der Waals surface area contributed by atoms with Crippen LogP contribution in [0.25, 0.3) is 12.2 Å². The van der Waals surface area contributed by atoms with Crippen molar-refractivity contribution < 1.29 is 18.9 Å². The van der Waals surface area contributed by atoms with E-state index >= 15 is 0 Å². The van der Waals surface area contributed by atoms with Gasteiger partial charge in [-0.1, -0.05) is 0 Å². The van der Waals surface area contributed by atoms with Gasteiger partial charge in [-0.3, -0.25) is 0 Å². The average Bonchev–Trinajstić information content (AvgIpc) is 3.79. The van der Waals surface area contributed by atoms with Gasteiger partial charge < -0.3 is 28.7 Å². The molecule has 6 rings (SSSR count). The third-order valence-electron chi connectivity index (χ3n) is 7.40. The van der Waals surface area contributed by atoms with Crippen molar-refractivity contribution in [2.75, 3.05) is 38.2 Å². The van der Waals surface area contributed by atoms with Crippen LogP contribution in [-0.4, -0.2) is 28.4 Å². The van der Waals surface area contributed by atoms with Gasteiger partial charge in [0.1, 0.15) is 33.0 Å². The molecule has 0 unspecified atom stereocenters. The summed E-state index contributed by atoms with van der Waals surface area (Å²) in [6, 6.07) is 41.1. The maximum atomic E-state index is 5.40. The van der Waals surface area contributed by atoms with E-state index in [9.17, 15) is 0 Å². The Labute approximate surface area is 277 Å². The van der Waals surface area contributed by atoms with Crippen LogP contribution < -0.4 is 28.7 Å². The normalized spacial score (nSPS) is 11.0. The molecule has 0 bridgehead atoms. The quantitative estimate of drug-likeness (QED) is 0.132. The minimum absolute atomic E-state index is 0.820. The molecular weight excluding hydrogens is 613 g/mol. The third kappa shape index (κ3) is 6.88. The van der Waals surface area contributed by atoms with Crippen LogP contribution in [0.2, 0.25) is 0 Å². The monoisotopic (exact) mass is 646 g/mol.